The SMILES string of the molecule is CN(c1ccc2c(c1)C(C)(C)c1ccccc1-2)c1ccc(N(c2ccccc2)c2ccccc2)c2ccccc12. The summed E-state index contributed by atoms with van der Waals surface area (Å²) in [5.41, 5.74) is 11.3. The summed E-state index contributed by atoms with van der Waals surface area (Å²) in [7, 11) is 2.18. The van der Waals surface area contributed by atoms with Crippen molar-refractivity contribution in [3.05, 3.63) is 151 Å². The van der Waals surface area contributed by atoms with Crippen molar-refractivity contribution in [3.63, 3.8) is 0 Å². The molecule has 0 unspecified atom stereocenters. The maximum atomic E-state index is 2.39. The molecule has 0 fully saturated rings. The van der Waals surface area contributed by atoms with Gasteiger partial charge < -0.3 is 9.80 Å². The second-order valence-electron chi connectivity index (χ2n) is 11.1. The van der Waals surface area contributed by atoms with Gasteiger partial charge in [-0.1, -0.05) is 105 Å². The smallest absolute Gasteiger partial charge is 0.0541 e. The van der Waals surface area contributed by atoms with Crippen LogP contribution < -0.4 is 9.80 Å². The highest BCUT2D eigenvalue weighted by atomic mass is 15.1. The number of nitrogens with zero attached hydrogens (tertiary/aromatic N) is 2. The average molecular weight is 517 g/mol. The molecule has 1 aliphatic rings. The zero-order valence-electron chi connectivity index (χ0n) is 23.2. The number of benzene rings is 6. The molecule has 0 N–H and O–H groups in total. The minimum atomic E-state index is -0.0272. The number of hydrogen-bond acceptors (Lipinski definition) is 2. The normalized spacial score (nSPS) is 13.1. The zero-order valence-corrected chi connectivity index (χ0v) is 23.2. The van der Waals surface area contributed by atoms with Crippen LogP contribution in [-0.2, 0) is 5.41 Å². The molecular weight excluding hydrogens is 484 g/mol. The Labute approximate surface area is 236 Å². The summed E-state index contributed by atoms with van der Waals surface area (Å²) >= 11 is 0. The number of anilines is 5. The van der Waals surface area contributed by atoms with Crippen molar-refractivity contribution in [2.24, 2.45) is 0 Å². The van der Waals surface area contributed by atoms with Crippen molar-refractivity contribution >= 4 is 39.2 Å². The van der Waals surface area contributed by atoms with Gasteiger partial charge in [-0.3, -0.25) is 0 Å². The molecule has 1 aliphatic carbocycles. The second kappa shape index (κ2) is 9.43. The van der Waals surface area contributed by atoms with Crippen LogP contribution >= 0.6 is 0 Å². The van der Waals surface area contributed by atoms with Crippen molar-refractivity contribution in [3.8, 4) is 11.1 Å². The molecule has 6 aromatic carbocycles. The molecule has 7 rings (SSSR count). The molecule has 0 saturated heterocycles. The van der Waals surface area contributed by atoms with E-state index in [9.17, 15) is 0 Å². The predicted molar refractivity (Wildman–Crippen MR) is 171 cm³/mol. The third-order valence-electron chi connectivity index (χ3n) is 8.46. The predicted octanol–water partition coefficient (Wildman–Crippen LogP) is 10.4. The van der Waals surface area contributed by atoms with E-state index in [4.69, 9.17) is 0 Å². The van der Waals surface area contributed by atoms with Gasteiger partial charge >= 0.3 is 0 Å². The summed E-state index contributed by atoms with van der Waals surface area (Å²) in [5, 5.41) is 2.44. The Bertz CT molecular complexity index is 1800. The fourth-order valence-corrected chi connectivity index (χ4v) is 6.38. The molecule has 194 valence electrons. The third kappa shape index (κ3) is 3.79. The van der Waals surface area contributed by atoms with E-state index in [2.05, 4.69) is 170 Å². The van der Waals surface area contributed by atoms with Gasteiger partial charge in [0.25, 0.3) is 0 Å². The molecule has 0 radical (unpaired) electrons. The van der Waals surface area contributed by atoms with E-state index in [-0.39, 0.29) is 5.41 Å². The lowest BCUT2D eigenvalue weighted by molar-refractivity contribution is 0.660. The van der Waals surface area contributed by atoms with Crippen molar-refractivity contribution < 1.29 is 0 Å². The van der Waals surface area contributed by atoms with Gasteiger partial charge in [-0.2, -0.15) is 0 Å². The van der Waals surface area contributed by atoms with Crippen LogP contribution in [-0.4, -0.2) is 7.05 Å². The Kier molecular flexibility index (Phi) is 5.71. The van der Waals surface area contributed by atoms with Gasteiger partial charge in [-0.15, -0.1) is 0 Å². The minimum Gasteiger partial charge on any atom is -0.344 e. The average Bonchev–Trinajstić information content (AvgIpc) is 3.24. The molecule has 0 amide bonds. The van der Waals surface area contributed by atoms with Crippen LogP contribution in [0.5, 0.6) is 0 Å². The molecule has 0 aromatic heterocycles. The van der Waals surface area contributed by atoms with Crippen LogP contribution in [0.2, 0.25) is 0 Å². The molecular formula is C38H32N2. The van der Waals surface area contributed by atoms with Gasteiger partial charge in [0.1, 0.15) is 0 Å². The van der Waals surface area contributed by atoms with Crippen molar-refractivity contribution in [2.45, 2.75) is 19.3 Å². The molecule has 2 nitrogen and oxygen atoms in total. The fourth-order valence-electron chi connectivity index (χ4n) is 6.38. The van der Waals surface area contributed by atoms with Crippen LogP contribution in [0, 0.1) is 0 Å². The lowest BCUT2D eigenvalue weighted by atomic mass is 9.82. The third-order valence-corrected chi connectivity index (χ3v) is 8.46. The van der Waals surface area contributed by atoms with Crippen LogP contribution in [0.3, 0.4) is 0 Å². The maximum absolute atomic E-state index is 2.39. The van der Waals surface area contributed by atoms with Gasteiger partial charge in [0.2, 0.25) is 0 Å². The summed E-state index contributed by atoms with van der Waals surface area (Å²) in [6.45, 7) is 4.68. The van der Waals surface area contributed by atoms with Crippen LogP contribution in [0.4, 0.5) is 28.4 Å². The molecule has 0 spiro atoms. The Morgan fingerprint density at radius 2 is 0.975 bits per heavy atom. The van der Waals surface area contributed by atoms with Crippen LogP contribution in [0.15, 0.2) is 140 Å². The Hall–Kier alpha value is -4.82. The monoisotopic (exact) mass is 516 g/mol. The first kappa shape index (κ1) is 24.2. The van der Waals surface area contributed by atoms with Crippen molar-refractivity contribution in [1.29, 1.82) is 0 Å². The zero-order chi connectivity index (χ0) is 27.3. The number of rotatable bonds is 5. The molecule has 2 heteroatoms. The first-order chi connectivity index (χ1) is 19.5. The van der Waals surface area contributed by atoms with E-state index >= 15 is 0 Å². The summed E-state index contributed by atoms with van der Waals surface area (Å²) in [4.78, 5) is 4.68. The highest BCUT2D eigenvalue weighted by Gasteiger charge is 2.35. The molecule has 0 saturated carbocycles. The summed E-state index contributed by atoms with van der Waals surface area (Å²) < 4.78 is 0. The van der Waals surface area contributed by atoms with E-state index in [1.807, 2.05) is 0 Å². The van der Waals surface area contributed by atoms with Crippen molar-refractivity contribution in [1.82, 2.24) is 0 Å². The number of hydrogen-bond donors (Lipinski definition) is 0. The van der Waals surface area contributed by atoms with Crippen molar-refractivity contribution in [2.75, 3.05) is 16.8 Å². The first-order valence-corrected chi connectivity index (χ1v) is 13.9. The molecule has 0 bridgehead atoms. The summed E-state index contributed by atoms with van der Waals surface area (Å²) in [6.07, 6.45) is 0. The van der Waals surface area contributed by atoms with E-state index in [0.717, 1.165) is 17.1 Å². The molecule has 6 aromatic rings. The van der Waals surface area contributed by atoms with Gasteiger partial charge in [0, 0.05) is 46.0 Å². The van der Waals surface area contributed by atoms with Gasteiger partial charge in [0.15, 0.2) is 0 Å². The molecule has 0 aliphatic heterocycles. The lowest BCUT2D eigenvalue weighted by Gasteiger charge is -2.29. The highest BCUT2D eigenvalue weighted by Crippen LogP contribution is 2.50. The van der Waals surface area contributed by atoms with E-state index in [1.54, 1.807) is 0 Å². The van der Waals surface area contributed by atoms with E-state index < -0.39 is 0 Å². The number of fused-ring (bicyclic) bond motifs is 4. The summed E-state index contributed by atoms with van der Waals surface area (Å²) in [6, 6.07) is 50.3. The Morgan fingerprint density at radius 1 is 0.450 bits per heavy atom. The van der Waals surface area contributed by atoms with E-state index in [1.165, 1.54) is 44.4 Å². The standard InChI is InChI=1S/C38H32N2/c1-38(2)34-21-13-12-18-30(34)31-23-22-29(26-35(31)38)39(3)36-24-25-37(33-20-11-10-19-32(33)36)40(27-14-6-4-7-15-27)28-16-8-5-9-17-28/h4-26H,1-3H3. The van der Waals surface area contributed by atoms with Crippen LogP contribution in [0.25, 0.3) is 21.9 Å². The fraction of sp³-hybridized carbons (Fsp3) is 0.105. The number of para-hydroxylation sites is 2. The minimum absolute atomic E-state index is 0.0272. The van der Waals surface area contributed by atoms with Crippen LogP contribution in [0.1, 0.15) is 25.0 Å². The van der Waals surface area contributed by atoms with Gasteiger partial charge in [-0.05, 0) is 70.8 Å². The first-order valence-electron chi connectivity index (χ1n) is 13.9. The van der Waals surface area contributed by atoms with Gasteiger partial charge in [0.05, 0.1) is 5.69 Å². The maximum Gasteiger partial charge on any atom is 0.0541 e. The van der Waals surface area contributed by atoms with E-state index in [0.29, 0.717) is 0 Å². The molecule has 0 atom stereocenters. The molecule has 0 heterocycles. The van der Waals surface area contributed by atoms with Gasteiger partial charge in [-0.25, -0.2) is 0 Å². The quantitative estimate of drug-likeness (QED) is 0.225. The topological polar surface area (TPSA) is 6.48 Å². The molecule has 40 heavy (non-hydrogen) atoms. The largest absolute Gasteiger partial charge is 0.344 e. The second-order valence-corrected chi connectivity index (χ2v) is 11.1. The summed E-state index contributed by atoms with van der Waals surface area (Å²) in [5.74, 6) is 0. The lowest BCUT2D eigenvalue weighted by Crippen LogP contribution is -2.17. The Balaban J connectivity index is 1.36. The highest BCUT2D eigenvalue weighted by molar-refractivity contribution is 6.06. The Morgan fingerprint density at radius 3 is 1.65 bits per heavy atom.